The van der Waals surface area contributed by atoms with E-state index in [0.717, 1.165) is 31.2 Å². The number of rotatable bonds is 6. The molecule has 14 heavy (non-hydrogen) atoms. The fourth-order valence-electron chi connectivity index (χ4n) is 1.28. The summed E-state index contributed by atoms with van der Waals surface area (Å²) in [5, 5.41) is 3.33. The van der Waals surface area contributed by atoms with Crippen LogP contribution in [0, 0.1) is 0 Å². The average Bonchev–Trinajstić information content (AvgIpc) is 2.52. The zero-order valence-corrected chi connectivity index (χ0v) is 9.30. The SMILES string of the molecule is CCCNCc1cnc(CN(C)C)[nH]1. The second kappa shape index (κ2) is 5.78. The third-order valence-electron chi connectivity index (χ3n) is 1.89. The summed E-state index contributed by atoms with van der Waals surface area (Å²) in [6, 6.07) is 0. The molecule has 0 aliphatic heterocycles. The molecule has 80 valence electrons. The fraction of sp³-hybridized carbons (Fsp3) is 0.700. The van der Waals surface area contributed by atoms with Crippen molar-refractivity contribution in [3.63, 3.8) is 0 Å². The Balaban J connectivity index is 2.35. The molecule has 1 aromatic rings. The van der Waals surface area contributed by atoms with Crippen LogP contribution >= 0.6 is 0 Å². The van der Waals surface area contributed by atoms with Crippen LogP contribution in [-0.4, -0.2) is 35.5 Å². The zero-order chi connectivity index (χ0) is 10.4. The molecular weight excluding hydrogens is 176 g/mol. The summed E-state index contributed by atoms with van der Waals surface area (Å²) in [7, 11) is 4.08. The summed E-state index contributed by atoms with van der Waals surface area (Å²) in [5.41, 5.74) is 1.16. The van der Waals surface area contributed by atoms with Gasteiger partial charge >= 0.3 is 0 Å². The van der Waals surface area contributed by atoms with E-state index in [4.69, 9.17) is 0 Å². The van der Waals surface area contributed by atoms with Gasteiger partial charge in [-0.2, -0.15) is 0 Å². The molecule has 0 atom stereocenters. The van der Waals surface area contributed by atoms with E-state index in [0.29, 0.717) is 0 Å². The Morgan fingerprint density at radius 2 is 2.29 bits per heavy atom. The molecule has 0 saturated carbocycles. The third-order valence-corrected chi connectivity index (χ3v) is 1.89. The lowest BCUT2D eigenvalue weighted by molar-refractivity contribution is 0.391. The van der Waals surface area contributed by atoms with Gasteiger partial charge in [-0.1, -0.05) is 6.92 Å². The van der Waals surface area contributed by atoms with Gasteiger partial charge in [0, 0.05) is 18.4 Å². The van der Waals surface area contributed by atoms with E-state index >= 15 is 0 Å². The van der Waals surface area contributed by atoms with Crippen LogP contribution in [0.1, 0.15) is 24.9 Å². The second-order valence-corrected chi connectivity index (χ2v) is 3.77. The first-order chi connectivity index (χ1) is 6.72. The van der Waals surface area contributed by atoms with Gasteiger partial charge in [0.15, 0.2) is 0 Å². The molecule has 0 aromatic carbocycles. The van der Waals surface area contributed by atoms with E-state index < -0.39 is 0 Å². The number of H-pyrrole nitrogens is 1. The summed E-state index contributed by atoms with van der Waals surface area (Å²) >= 11 is 0. The molecule has 0 spiro atoms. The normalized spacial score (nSPS) is 11.1. The first kappa shape index (κ1) is 11.2. The summed E-state index contributed by atoms with van der Waals surface area (Å²) in [4.78, 5) is 9.69. The molecule has 0 aliphatic carbocycles. The van der Waals surface area contributed by atoms with E-state index in [1.165, 1.54) is 6.42 Å². The van der Waals surface area contributed by atoms with Crippen molar-refractivity contribution in [1.82, 2.24) is 20.2 Å². The molecule has 4 heteroatoms. The van der Waals surface area contributed by atoms with Gasteiger partial charge in [0.05, 0.1) is 6.54 Å². The van der Waals surface area contributed by atoms with Crippen molar-refractivity contribution in [1.29, 1.82) is 0 Å². The monoisotopic (exact) mass is 196 g/mol. The Bertz CT molecular complexity index is 254. The molecule has 0 aliphatic rings. The first-order valence-corrected chi connectivity index (χ1v) is 5.10. The predicted molar refractivity (Wildman–Crippen MR) is 58.0 cm³/mol. The Morgan fingerprint density at radius 3 is 2.93 bits per heavy atom. The predicted octanol–water partition coefficient (Wildman–Crippen LogP) is 0.971. The standard InChI is InChI=1S/C10H20N4/c1-4-5-11-6-9-7-12-10(13-9)8-14(2)3/h7,11H,4-6,8H2,1-3H3,(H,12,13). The van der Waals surface area contributed by atoms with Crippen molar-refractivity contribution in [3.8, 4) is 0 Å². The van der Waals surface area contributed by atoms with Crippen LogP contribution in [0.3, 0.4) is 0 Å². The molecule has 0 fully saturated rings. The highest BCUT2D eigenvalue weighted by Crippen LogP contribution is 1.98. The maximum Gasteiger partial charge on any atom is 0.120 e. The highest BCUT2D eigenvalue weighted by atomic mass is 15.1. The lowest BCUT2D eigenvalue weighted by Crippen LogP contribution is -2.14. The van der Waals surface area contributed by atoms with Gasteiger partial charge in [0.2, 0.25) is 0 Å². The van der Waals surface area contributed by atoms with E-state index in [-0.39, 0.29) is 0 Å². The lowest BCUT2D eigenvalue weighted by atomic mass is 10.4. The van der Waals surface area contributed by atoms with Crippen molar-refractivity contribution in [3.05, 3.63) is 17.7 Å². The summed E-state index contributed by atoms with van der Waals surface area (Å²) in [5.74, 6) is 1.03. The van der Waals surface area contributed by atoms with Crippen molar-refractivity contribution in [2.45, 2.75) is 26.4 Å². The molecular formula is C10H20N4. The van der Waals surface area contributed by atoms with Crippen LogP contribution in [0.4, 0.5) is 0 Å². The maximum atomic E-state index is 4.30. The zero-order valence-electron chi connectivity index (χ0n) is 9.30. The van der Waals surface area contributed by atoms with Crippen LogP contribution in [0.25, 0.3) is 0 Å². The number of imidazole rings is 1. The number of hydrogen-bond donors (Lipinski definition) is 2. The van der Waals surface area contributed by atoms with Crippen LogP contribution < -0.4 is 5.32 Å². The van der Waals surface area contributed by atoms with E-state index in [1.54, 1.807) is 0 Å². The molecule has 0 amide bonds. The van der Waals surface area contributed by atoms with E-state index in [9.17, 15) is 0 Å². The smallest absolute Gasteiger partial charge is 0.120 e. The van der Waals surface area contributed by atoms with Crippen molar-refractivity contribution >= 4 is 0 Å². The first-order valence-electron chi connectivity index (χ1n) is 5.10. The van der Waals surface area contributed by atoms with E-state index in [1.807, 2.05) is 20.3 Å². The number of aromatic amines is 1. The molecule has 4 nitrogen and oxygen atoms in total. The Morgan fingerprint density at radius 1 is 1.50 bits per heavy atom. The Labute approximate surface area is 85.7 Å². The Hall–Kier alpha value is -0.870. The van der Waals surface area contributed by atoms with Crippen LogP contribution in [0.15, 0.2) is 6.20 Å². The topological polar surface area (TPSA) is 44.0 Å². The molecule has 1 rings (SSSR count). The number of aromatic nitrogens is 2. The highest BCUT2D eigenvalue weighted by molar-refractivity contribution is 5.00. The minimum atomic E-state index is 0.869. The number of hydrogen-bond acceptors (Lipinski definition) is 3. The van der Waals surface area contributed by atoms with Crippen molar-refractivity contribution in [2.24, 2.45) is 0 Å². The summed E-state index contributed by atoms with van der Waals surface area (Å²) in [6.45, 7) is 4.97. The molecule has 1 aromatic heterocycles. The lowest BCUT2D eigenvalue weighted by Gasteiger charge is -2.05. The largest absolute Gasteiger partial charge is 0.344 e. The van der Waals surface area contributed by atoms with Crippen LogP contribution in [-0.2, 0) is 13.1 Å². The van der Waals surface area contributed by atoms with Crippen LogP contribution in [0.2, 0.25) is 0 Å². The molecule has 0 unspecified atom stereocenters. The summed E-state index contributed by atoms with van der Waals surface area (Å²) < 4.78 is 0. The van der Waals surface area contributed by atoms with Gasteiger partial charge in [0.1, 0.15) is 5.82 Å². The number of nitrogens with zero attached hydrogens (tertiary/aromatic N) is 2. The minimum absolute atomic E-state index is 0.869. The molecule has 2 N–H and O–H groups in total. The van der Waals surface area contributed by atoms with Gasteiger partial charge < -0.3 is 15.2 Å². The molecule has 0 bridgehead atoms. The second-order valence-electron chi connectivity index (χ2n) is 3.77. The molecule has 1 heterocycles. The van der Waals surface area contributed by atoms with Crippen molar-refractivity contribution < 1.29 is 0 Å². The fourth-order valence-corrected chi connectivity index (χ4v) is 1.28. The van der Waals surface area contributed by atoms with Gasteiger partial charge in [-0.05, 0) is 27.1 Å². The third kappa shape index (κ3) is 3.89. The summed E-state index contributed by atoms with van der Waals surface area (Å²) in [6.07, 6.45) is 3.07. The highest BCUT2D eigenvalue weighted by Gasteiger charge is 2.00. The molecule has 0 saturated heterocycles. The number of nitrogens with one attached hydrogen (secondary N) is 2. The average molecular weight is 196 g/mol. The maximum absolute atomic E-state index is 4.30. The quantitative estimate of drug-likeness (QED) is 0.666. The van der Waals surface area contributed by atoms with Gasteiger partial charge in [-0.3, -0.25) is 0 Å². The van der Waals surface area contributed by atoms with E-state index in [2.05, 4.69) is 27.1 Å². The molecule has 0 radical (unpaired) electrons. The van der Waals surface area contributed by atoms with Crippen molar-refractivity contribution in [2.75, 3.05) is 20.6 Å². The van der Waals surface area contributed by atoms with Gasteiger partial charge in [-0.25, -0.2) is 4.98 Å². The Kier molecular flexibility index (Phi) is 4.62. The van der Waals surface area contributed by atoms with Gasteiger partial charge in [-0.15, -0.1) is 0 Å². The van der Waals surface area contributed by atoms with Crippen LogP contribution in [0.5, 0.6) is 0 Å². The minimum Gasteiger partial charge on any atom is -0.344 e. The van der Waals surface area contributed by atoms with Gasteiger partial charge in [0.25, 0.3) is 0 Å².